The molecule has 4 atom stereocenters. The lowest BCUT2D eigenvalue weighted by Gasteiger charge is -2.19. The predicted molar refractivity (Wildman–Crippen MR) is 50.9 cm³/mol. The molecule has 0 aromatic carbocycles. The number of halogens is 1. The second-order valence-corrected chi connectivity index (χ2v) is 4.46. The maximum Gasteiger partial charge on any atom is 0.102 e. The van der Waals surface area contributed by atoms with E-state index in [9.17, 15) is 0 Å². The highest BCUT2D eigenvalue weighted by molar-refractivity contribution is 6.44. The van der Waals surface area contributed by atoms with Gasteiger partial charge in [-0.05, 0) is 24.2 Å². The fourth-order valence-corrected chi connectivity index (χ4v) is 3.31. The van der Waals surface area contributed by atoms with Gasteiger partial charge in [0.05, 0.1) is 5.03 Å². The molecular weight excluding hydrogens is 186 g/mol. The van der Waals surface area contributed by atoms with E-state index in [2.05, 4.69) is 23.4 Å². The Morgan fingerprint density at radius 2 is 2.15 bits per heavy atom. The van der Waals surface area contributed by atoms with E-state index in [0.29, 0.717) is 34.4 Å². The van der Waals surface area contributed by atoms with Gasteiger partial charge in [0, 0.05) is 5.92 Å². The van der Waals surface area contributed by atoms with Gasteiger partial charge >= 0.3 is 0 Å². The van der Waals surface area contributed by atoms with Crippen LogP contribution in [0.25, 0.3) is 0 Å². The van der Waals surface area contributed by atoms with Crippen LogP contribution in [0.2, 0.25) is 0 Å². The van der Waals surface area contributed by atoms with Crippen molar-refractivity contribution >= 4 is 17.3 Å². The van der Waals surface area contributed by atoms with Gasteiger partial charge in [-0.15, -0.1) is 0 Å². The third-order valence-electron chi connectivity index (χ3n) is 3.53. The third kappa shape index (κ3) is 0.819. The van der Waals surface area contributed by atoms with Crippen molar-refractivity contribution in [1.29, 1.82) is 0 Å². The van der Waals surface area contributed by atoms with Crippen molar-refractivity contribution in [3.8, 4) is 0 Å². The normalized spacial score (nSPS) is 48.7. The van der Waals surface area contributed by atoms with Crippen molar-refractivity contribution in [1.82, 2.24) is 0 Å². The molecule has 3 aliphatic carbocycles. The van der Waals surface area contributed by atoms with Gasteiger partial charge in [0.25, 0.3) is 0 Å². The molecule has 0 spiro atoms. The van der Waals surface area contributed by atoms with Gasteiger partial charge in [-0.2, -0.15) is 0 Å². The SMILES string of the molecule is O/N=C1\C(Cl)=CC2C3C=CC(C3)C12. The molecule has 0 saturated heterocycles. The van der Waals surface area contributed by atoms with Crippen molar-refractivity contribution in [3.05, 3.63) is 23.3 Å². The smallest absolute Gasteiger partial charge is 0.102 e. The Morgan fingerprint density at radius 1 is 1.38 bits per heavy atom. The first-order chi connectivity index (χ1) is 6.31. The Bertz CT molecular complexity index is 345. The zero-order valence-corrected chi connectivity index (χ0v) is 7.78. The molecule has 0 aliphatic heterocycles. The molecule has 1 fully saturated rings. The maximum atomic E-state index is 8.85. The number of oxime groups is 1. The van der Waals surface area contributed by atoms with Crippen LogP contribution in [0, 0.1) is 23.7 Å². The number of hydrogen-bond acceptors (Lipinski definition) is 2. The van der Waals surface area contributed by atoms with Gasteiger partial charge < -0.3 is 5.21 Å². The molecule has 0 radical (unpaired) electrons. The Kier molecular flexibility index (Phi) is 1.40. The van der Waals surface area contributed by atoms with E-state index in [4.69, 9.17) is 16.8 Å². The summed E-state index contributed by atoms with van der Waals surface area (Å²) < 4.78 is 0. The molecule has 2 nitrogen and oxygen atoms in total. The number of allylic oxidation sites excluding steroid dienone is 4. The zero-order valence-electron chi connectivity index (χ0n) is 7.02. The van der Waals surface area contributed by atoms with Gasteiger partial charge in [0.2, 0.25) is 0 Å². The molecule has 0 heterocycles. The van der Waals surface area contributed by atoms with Crippen LogP contribution in [0.5, 0.6) is 0 Å². The minimum Gasteiger partial charge on any atom is -0.411 e. The van der Waals surface area contributed by atoms with E-state index in [-0.39, 0.29) is 0 Å². The fraction of sp³-hybridized carbons (Fsp3) is 0.500. The first kappa shape index (κ1) is 7.63. The van der Waals surface area contributed by atoms with Crippen LogP contribution in [0.4, 0.5) is 0 Å². The number of nitrogens with zero attached hydrogens (tertiary/aromatic N) is 1. The summed E-state index contributed by atoms with van der Waals surface area (Å²) in [5, 5.41) is 12.8. The predicted octanol–water partition coefficient (Wildman–Crippen LogP) is 2.39. The number of rotatable bonds is 0. The molecule has 2 bridgehead atoms. The van der Waals surface area contributed by atoms with E-state index >= 15 is 0 Å². The highest BCUT2D eigenvalue weighted by Crippen LogP contribution is 2.53. The van der Waals surface area contributed by atoms with Gasteiger partial charge in [0.15, 0.2) is 0 Å². The van der Waals surface area contributed by atoms with Crippen molar-refractivity contribution < 1.29 is 5.21 Å². The lowest BCUT2D eigenvalue weighted by atomic mass is 9.85. The van der Waals surface area contributed by atoms with Crippen LogP contribution in [-0.4, -0.2) is 10.9 Å². The third-order valence-corrected chi connectivity index (χ3v) is 3.85. The second kappa shape index (κ2) is 2.38. The topological polar surface area (TPSA) is 32.6 Å². The number of fused-ring (bicyclic) bond motifs is 5. The number of hydrogen-bond donors (Lipinski definition) is 1. The van der Waals surface area contributed by atoms with E-state index in [0.717, 1.165) is 0 Å². The first-order valence-corrected chi connectivity index (χ1v) is 4.97. The molecule has 3 aliphatic rings. The van der Waals surface area contributed by atoms with E-state index in [1.807, 2.05) is 0 Å². The standard InChI is InChI=1S/C10H10ClNO/c11-8-4-7-5-1-2-6(3-5)9(7)10(8)12-13/h1-2,4-7,9,13H,3H2/b12-10+. The molecule has 3 heteroatoms. The van der Waals surface area contributed by atoms with Crippen LogP contribution in [0.15, 0.2) is 28.4 Å². The zero-order chi connectivity index (χ0) is 9.00. The summed E-state index contributed by atoms with van der Waals surface area (Å²) >= 11 is 5.98. The molecule has 1 saturated carbocycles. The molecule has 0 aromatic heterocycles. The average Bonchev–Trinajstić information content (AvgIpc) is 2.72. The monoisotopic (exact) mass is 195 g/mol. The lowest BCUT2D eigenvalue weighted by molar-refractivity contribution is 0.312. The van der Waals surface area contributed by atoms with Crippen LogP contribution in [-0.2, 0) is 0 Å². The molecule has 0 aromatic rings. The summed E-state index contributed by atoms with van der Waals surface area (Å²) in [6.45, 7) is 0. The van der Waals surface area contributed by atoms with Crippen LogP contribution in [0.3, 0.4) is 0 Å². The fourth-order valence-electron chi connectivity index (χ4n) is 3.00. The minimum absolute atomic E-state index is 0.354. The largest absolute Gasteiger partial charge is 0.411 e. The molecule has 4 unspecified atom stereocenters. The first-order valence-electron chi connectivity index (χ1n) is 4.59. The van der Waals surface area contributed by atoms with Crippen LogP contribution in [0.1, 0.15) is 6.42 Å². The van der Waals surface area contributed by atoms with E-state index in [1.54, 1.807) is 0 Å². The van der Waals surface area contributed by atoms with Gasteiger partial charge in [0.1, 0.15) is 5.71 Å². The van der Waals surface area contributed by atoms with Crippen molar-refractivity contribution in [3.63, 3.8) is 0 Å². The van der Waals surface area contributed by atoms with E-state index < -0.39 is 0 Å². The quantitative estimate of drug-likeness (QED) is 0.359. The van der Waals surface area contributed by atoms with Gasteiger partial charge in [-0.25, -0.2) is 0 Å². The van der Waals surface area contributed by atoms with Gasteiger partial charge in [-0.3, -0.25) is 0 Å². The Hall–Kier alpha value is -0.760. The molecular formula is C10H10ClNO. The van der Waals surface area contributed by atoms with E-state index in [1.165, 1.54) is 6.42 Å². The Labute approximate surface area is 81.6 Å². The van der Waals surface area contributed by atoms with Crippen LogP contribution < -0.4 is 0 Å². The molecule has 1 N–H and O–H groups in total. The summed E-state index contributed by atoms with van der Waals surface area (Å²) in [6, 6.07) is 0. The summed E-state index contributed by atoms with van der Waals surface area (Å²) in [6.07, 6.45) is 7.76. The minimum atomic E-state index is 0.354. The molecule has 0 amide bonds. The highest BCUT2D eigenvalue weighted by atomic mass is 35.5. The summed E-state index contributed by atoms with van der Waals surface area (Å²) in [4.78, 5) is 0. The molecule has 68 valence electrons. The van der Waals surface area contributed by atoms with Crippen molar-refractivity contribution in [2.75, 3.05) is 0 Å². The van der Waals surface area contributed by atoms with Gasteiger partial charge in [-0.1, -0.05) is 35.0 Å². The lowest BCUT2D eigenvalue weighted by Crippen LogP contribution is -2.20. The maximum absolute atomic E-state index is 8.85. The Balaban J connectivity index is 2.06. The molecule has 13 heavy (non-hydrogen) atoms. The highest BCUT2D eigenvalue weighted by Gasteiger charge is 2.49. The summed E-state index contributed by atoms with van der Waals surface area (Å²) in [5.74, 6) is 2.03. The summed E-state index contributed by atoms with van der Waals surface area (Å²) in [7, 11) is 0. The van der Waals surface area contributed by atoms with Crippen molar-refractivity contribution in [2.45, 2.75) is 6.42 Å². The van der Waals surface area contributed by atoms with Crippen molar-refractivity contribution in [2.24, 2.45) is 28.8 Å². The molecule has 3 rings (SSSR count). The second-order valence-electron chi connectivity index (χ2n) is 4.05. The van der Waals surface area contributed by atoms with Crippen LogP contribution >= 0.6 is 11.6 Å². The Morgan fingerprint density at radius 3 is 2.92 bits per heavy atom. The average molecular weight is 196 g/mol. The summed E-state index contributed by atoms with van der Waals surface area (Å²) in [5.41, 5.74) is 0.698.